The van der Waals surface area contributed by atoms with E-state index in [1.165, 1.54) is 6.08 Å². The van der Waals surface area contributed by atoms with Gasteiger partial charge in [-0.1, -0.05) is 25.6 Å². The maximum atomic E-state index is 11.9. The second-order valence-electron chi connectivity index (χ2n) is 7.24. The van der Waals surface area contributed by atoms with Gasteiger partial charge in [-0.2, -0.15) is 0 Å². The van der Waals surface area contributed by atoms with Crippen LogP contribution in [0.25, 0.3) is 16.6 Å². The predicted octanol–water partition coefficient (Wildman–Crippen LogP) is 3.51. The van der Waals surface area contributed by atoms with E-state index in [2.05, 4.69) is 18.5 Å². The lowest BCUT2D eigenvalue weighted by Crippen LogP contribution is -2.46. The predicted molar refractivity (Wildman–Crippen MR) is 107 cm³/mol. The number of rotatable bonds is 4. The van der Waals surface area contributed by atoms with Gasteiger partial charge in [0, 0.05) is 37.2 Å². The lowest BCUT2D eigenvalue weighted by Gasteiger charge is -2.36. The lowest BCUT2D eigenvalue weighted by atomic mass is 9.96. The number of amides is 1. The largest absolute Gasteiger partial charge is 0.508 e. The van der Waals surface area contributed by atoms with Crippen LogP contribution in [0.5, 0.6) is 11.5 Å². The minimum Gasteiger partial charge on any atom is -0.508 e. The summed E-state index contributed by atoms with van der Waals surface area (Å²) in [5.74, 6) is 1.18. The number of aromatic nitrogens is 2. The molecule has 0 bridgehead atoms. The van der Waals surface area contributed by atoms with Crippen LogP contribution in [0.4, 0.5) is 0 Å². The number of aromatic hydroxyl groups is 1. The number of nitrogens with zero attached hydrogens (tertiary/aromatic N) is 3. The maximum absolute atomic E-state index is 11.9. The molecule has 1 saturated heterocycles. The molecule has 2 aromatic heterocycles. The van der Waals surface area contributed by atoms with Gasteiger partial charge in [-0.05, 0) is 29.8 Å². The first kappa shape index (κ1) is 18.1. The summed E-state index contributed by atoms with van der Waals surface area (Å²) in [5, 5.41) is 9.55. The van der Waals surface area contributed by atoms with E-state index in [0.717, 1.165) is 28.8 Å². The van der Waals surface area contributed by atoms with E-state index in [0.29, 0.717) is 13.1 Å². The third-order valence-corrected chi connectivity index (χ3v) is 5.28. The van der Waals surface area contributed by atoms with Gasteiger partial charge in [0.1, 0.15) is 23.1 Å². The zero-order valence-corrected chi connectivity index (χ0v) is 15.8. The summed E-state index contributed by atoms with van der Waals surface area (Å²) in [6, 6.07) is 9.10. The van der Waals surface area contributed by atoms with Gasteiger partial charge in [-0.15, -0.1) is 0 Å². The number of imidazole rings is 1. The van der Waals surface area contributed by atoms with Crippen LogP contribution in [0.1, 0.15) is 13.3 Å². The minimum absolute atomic E-state index is 0.0163. The molecule has 28 heavy (non-hydrogen) atoms. The fourth-order valence-corrected chi connectivity index (χ4v) is 3.70. The van der Waals surface area contributed by atoms with Crippen LogP contribution in [0.2, 0.25) is 0 Å². The number of benzene rings is 1. The average molecular weight is 377 g/mol. The van der Waals surface area contributed by atoms with Crippen LogP contribution in [0.3, 0.4) is 0 Å². The first-order valence-corrected chi connectivity index (χ1v) is 9.38. The molecule has 6 nitrogen and oxygen atoms in total. The van der Waals surface area contributed by atoms with Crippen LogP contribution >= 0.6 is 0 Å². The van der Waals surface area contributed by atoms with Crippen LogP contribution in [-0.4, -0.2) is 44.5 Å². The van der Waals surface area contributed by atoms with Crippen molar-refractivity contribution in [2.75, 3.05) is 13.1 Å². The third-order valence-electron chi connectivity index (χ3n) is 5.28. The Morgan fingerprint density at radius 3 is 2.82 bits per heavy atom. The van der Waals surface area contributed by atoms with E-state index >= 15 is 0 Å². The standard InChI is InChI=1S/C22H23N3O3/c1-3-22(27)24-9-8-20(15(2)12-24)28-21-10-17(13-25-14-23-11-19(21)25)16-4-6-18(26)7-5-16/h3-7,10-11,13-15,20,26H,1,8-9,12H2,2H3/t15-,20+/m0/s1. The summed E-state index contributed by atoms with van der Waals surface area (Å²) in [5.41, 5.74) is 2.87. The monoisotopic (exact) mass is 377 g/mol. The van der Waals surface area contributed by atoms with Gasteiger partial charge >= 0.3 is 0 Å². The molecule has 3 aromatic rings. The van der Waals surface area contributed by atoms with E-state index in [-0.39, 0.29) is 23.7 Å². The Bertz CT molecular complexity index is 1010. The van der Waals surface area contributed by atoms with Gasteiger partial charge in [-0.25, -0.2) is 4.98 Å². The van der Waals surface area contributed by atoms with Crippen molar-refractivity contribution < 1.29 is 14.6 Å². The molecule has 1 amide bonds. The summed E-state index contributed by atoms with van der Waals surface area (Å²) in [6.07, 6.45) is 7.69. The smallest absolute Gasteiger partial charge is 0.245 e. The van der Waals surface area contributed by atoms with E-state index in [1.807, 2.05) is 33.7 Å². The number of phenols is 1. The normalized spacial score (nSPS) is 19.5. The lowest BCUT2D eigenvalue weighted by molar-refractivity contribution is -0.129. The fraction of sp³-hybridized carbons (Fsp3) is 0.273. The number of ether oxygens (including phenoxy) is 1. The third kappa shape index (κ3) is 3.45. The molecule has 4 rings (SSSR count). The highest BCUT2D eigenvalue weighted by Gasteiger charge is 2.29. The molecular weight excluding hydrogens is 354 g/mol. The molecule has 1 N–H and O–H groups in total. The molecule has 1 fully saturated rings. The fourth-order valence-electron chi connectivity index (χ4n) is 3.70. The topological polar surface area (TPSA) is 67.1 Å². The van der Waals surface area contributed by atoms with E-state index < -0.39 is 0 Å². The number of hydrogen-bond acceptors (Lipinski definition) is 4. The Morgan fingerprint density at radius 2 is 2.11 bits per heavy atom. The number of pyridine rings is 1. The van der Waals surface area contributed by atoms with Gasteiger partial charge in [0.15, 0.2) is 0 Å². The highest BCUT2D eigenvalue weighted by Crippen LogP contribution is 2.31. The Kier molecular flexibility index (Phi) is 4.77. The second kappa shape index (κ2) is 7.38. The zero-order chi connectivity index (χ0) is 19.7. The number of fused-ring (bicyclic) bond motifs is 1. The SMILES string of the molecule is C=CC(=O)N1CC[C@@H](Oc2cc(-c3ccc(O)cc3)cn3cncc23)[C@@H](C)C1. The molecule has 1 aliphatic heterocycles. The van der Waals surface area contributed by atoms with E-state index in [1.54, 1.807) is 24.7 Å². The number of hydrogen-bond donors (Lipinski definition) is 1. The summed E-state index contributed by atoms with van der Waals surface area (Å²) >= 11 is 0. The van der Waals surface area contributed by atoms with Gasteiger partial charge in [0.2, 0.25) is 5.91 Å². The van der Waals surface area contributed by atoms with Gasteiger partial charge < -0.3 is 19.1 Å². The molecule has 2 atom stereocenters. The summed E-state index contributed by atoms with van der Waals surface area (Å²) < 4.78 is 8.36. The molecule has 0 unspecified atom stereocenters. The highest BCUT2D eigenvalue weighted by molar-refractivity contribution is 5.87. The zero-order valence-electron chi connectivity index (χ0n) is 15.8. The van der Waals surface area contributed by atoms with Gasteiger partial charge in [0.25, 0.3) is 0 Å². The number of phenolic OH excluding ortho intramolecular Hbond substituents is 1. The highest BCUT2D eigenvalue weighted by atomic mass is 16.5. The molecule has 6 heteroatoms. The van der Waals surface area contributed by atoms with Crippen LogP contribution in [0.15, 0.2) is 61.7 Å². The number of piperidine rings is 1. The van der Waals surface area contributed by atoms with Crippen molar-refractivity contribution in [3.8, 4) is 22.6 Å². The molecule has 0 saturated carbocycles. The number of carbonyl (C=O) groups is 1. The first-order chi connectivity index (χ1) is 13.5. The first-order valence-electron chi connectivity index (χ1n) is 9.38. The van der Waals surface area contributed by atoms with Crippen molar-refractivity contribution in [2.45, 2.75) is 19.4 Å². The average Bonchev–Trinajstić information content (AvgIpc) is 3.18. The van der Waals surface area contributed by atoms with Crippen molar-refractivity contribution in [1.29, 1.82) is 0 Å². The number of likely N-dealkylation sites (tertiary alicyclic amines) is 1. The summed E-state index contributed by atoms with van der Waals surface area (Å²) in [4.78, 5) is 17.9. The molecule has 0 spiro atoms. The van der Waals surface area contributed by atoms with Crippen molar-refractivity contribution in [3.05, 3.63) is 61.7 Å². The molecule has 0 radical (unpaired) electrons. The Labute approximate surface area is 163 Å². The molecule has 0 aliphatic carbocycles. The number of carbonyl (C=O) groups excluding carboxylic acids is 1. The van der Waals surface area contributed by atoms with Gasteiger partial charge in [0.05, 0.1) is 12.5 Å². The second-order valence-corrected chi connectivity index (χ2v) is 7.24. The van der Waals surface area contributed by atoms with Crippen molar-refractivity contribution in [2.24, 2.45) is 5.92 Å². The van der Waals surface area contributed by atoms with E-state index in [4.69, 9.17) is 4.74 Å². The molecule has 144 valence electrons. The van der Waals surface area contributed by atoms with Crippen LogP contribution in [-0.2, 0) is 4.79 Å². The van der Waals surface area contributed by atoms with Crippen molar-refractivity contribution in [1.82, 2.24) is 14.3 Å². The molecular formula is C22H23N3O3. The molecule has 3 heterocycles. The Hall–Kier alpha value is -3.28. The minimum atomic E-state index is -0.0298. The maximum Gasteiger partial charge on any atom is 0.245 e. The van der Waals surface area contributed by atoms with Gasteiger partial charge in [-0.3, -0.25) is 4.79 Å². The van der Waals surface area contributed by atoms with Crippen molar-refractivity contribution in [3.63, 3.8) is 0 Å². The quantitative estimate of drug-likeness (QED) is 0.707. The Morgan fingerprint density at radius 1 is 1.32 bits per heavy atom. The van der Waals surface area contributed by atoms with Crippen molar-refractivity contribution >= 4 is 11.4 Å². The van der Waals surface area contributed by atoms with Crippen LogP contribution < -0.4 is 4.74 Å². The molecule has 1 aliphatic rings. The Balaban J connectivity index is 1.62. The summed E-state index contributed by atoms with van der Waals surface area (Å²) in [6.45, 7) is 6.99. The molecule has 1 aromatic carbocycles. The van der Waals surface area contributed by atoms with Crippen LogP contribution in [0, 0.1) is 5.92 Å². The summed E-state index contributed by atoms with van der Waals surface area (Å²) in [7, 11) is 0. The van der Waals surface area contributed by atoms with E-state index in [9.17, 15) is 9.90 Å².